The molecule has 1 N–H and O–H groups in total. The summed E-state index contributed by atoms with van der Waals surface area (Å²) in [4.78, 5) is 15.7. The first-order valence-electron chi connectivity index (χ1n) is 5.21. The SMILES string of the molecule is CCc1ccc(C(=O)Nc2cccnc2Cl)o1. The van der Waals surface area contributed by atoms with E-state index < -0.39 is 0 Å². The van der Waals surface area contributed by atoms with Gasteiger partial charge in [-0.15, -0.1) is 0 Å². The molecule has 0 saturated carbocycles. The van der Waals surface area contributed by atoms with E-state index in [1.165, 1.54) is 0 Å². The third-order valence-corrected chi connectivity index (χ3v) is 2.54. The molecule has 0 radical (unpaired) electrons. The maximum absolute atomic E-state index is 11.8. The van der Waals surface area contributed by atoms with Crippen LogP contribution in [-0.4, -0.2) is 10.9 Å². The third-order valence-electron chi connectivity index (χ3n) is 2.24. The van der Waals surface area contributed by atoms with E-state index in [-0.39, 0.29) is 16.8 Å². The number of nitrogens with zero attached hydrogens (tertiary/aromatic N) is 1. The van der Waals surface area contributed by atoms with Crippen LogP contribution in [0.15, 0.2) is 34.9 Å². The maximum Gasteiger partial charge on any atom is 0.291 e. The lowest BCUT2D eigenvalue weighted by Gasteiger charge is -2.03. The zero-order valence-electron chi connectivity index (χ0n) is 9.24. The monoisotopic (exact) mass is 250 g/mol. The van der Waals surface area contributed by atoms with Crippen molar-refractivity contribution in [2.24, 2.45) is 0 Å². The molecule has 0 saturated heterocycles. The number of hydrogen-bond acceptors (Lipinski definition) is 3. The predicted molar refractivity (Wildman–Crippen MR) is 65.3 cm³/mol. The summed E-state index contributed by atoms with van der Waals surface area (Å²) in [5.74, 6) is 0.703. The van der Waals surface area contributed by atoms with Crippen molar-refractivity contribution in [2.45, 2.75) is 13.3 Å². The molecule has 2 heterocycles. The number of aromatic nitrogens is 1. The molecule has 0 aliphatic carbocycles. The molecule has 88 valence electrons. The molecule has 0 bridgehead atoms. The molecule has 0 unspecified atom stereocenters. The summed E-state index contributed by atoms with van der Waals surface area (Å²) in [5, 5.41) is 2.89. The fraction of sp³-hybridized carbons (Fsp3) is 0.167. The van der Waals surface area contributed by atoms with Crippen LogP contribution < -0.4 is 5.32 Å². The highest BCUT2D eigenvalue weighted by atomic mass is 35.5. The Labute approximate surface area is 104 Å². The van der Waals surface area contributed by atoms with Crippen molar-refractivity contribution in [3.63, 3.8) is 0 Å². The summed E-state index contributed by atoms with van der Waals surface area (Å²) in [6.45, 7) is 1.96. The Morgan fingerprint density at radius 1 is 1.47 bits per heavy atom. The summed E-state index contributed by atoms with van der Waals surface area (Å²) in [6.07, 6.45) is 2.31. The summed E-state index contributed by atoms with van der Waals surface area (Å²) in [5.41, 5.74) is 0.466. The van der Waals surface area contributed by atoms with Crippen molar-refractivity contribution >= 4 is 23.2 Å². The first-order valence-corrected chi connectivity index (χ1v) is 5.59. The third kappa shape index (κ3) is 2.65. The number of carbonyl (C=O) groups is 1. The molecule has 0 aliphatic heterocycles. The topological polar surface area (TPSA) is 55.1 Å². The Hall–Kier alpha value is -1.81. The molecule has 0 spiro atoms. The minimum atomic E-state index is -0.334. The number of carbonyl (C=O) groups excluding carboxylic acids is 1. The molecule has 0 fully saturated rings. The van der Waals surface area contributed by atoms with Crippen molar-refractivity contribution < 1.29 is 9.21 Å². The molecule has 4 nitrogen and oxygen atoms in total. The number of nitrogens with one attached hydrogen (secondary N) is 1. The van der Waals surface area contributed by atoms with Gasteiger partial charge in [0.15, 0.2) is 10.9 Å². The number of amides is 1. The first-order chi connectivity index (χ1) is 8.20. The second-order valence-corrected chi connectivity index (χ2v) is 3.77. The fourth-order valence-corrected chi connectivity index (χ4v) is 1.52. The van der Waals surface area contributed by atoms with Crippen LogP contribution in [0.4, 0.5) is 5.69 Å². The zero-order chi connectivity index (χ0) is 12.3. The molecule has 0 aliphatic rings. The van der Waals surface area contributed by atoms with Crippen LogP contribution >= 0.6 is 11.6 Å². The summed E-state index contributed by atoms with van der Waals surface area (Å²) >= 11 is 5.83. The van der Waals surface area contributed by atoms with E-state index in [1.807, 2.05) is 6.92 Å². The summed E-state index contributed by atoms with van der Waals surface area (Å²) in [6, 6.07) is 6.79. The van der Waals surface area contributed by atoms with Gasteiger partial charge < -0.3 is 9.73 Å². The van der Waals surface area contributed by atoms with Crippen molar-refractivity contribution in [3.8, 4) is 0 Å². The van der Waals surface area contributed by atoms with Crippen LogP contribution in [0.5, 0.6) is 0 Å². The number of hydrogen-bond donors (Lipinski definition) is 1. The van der Waals surface area contributed by atoms with E-state index >= 15 is 0 Å². The number of aryl methyl sites for hydroxylation is 1. The van der Waals surface area contributed by atoms with Gasteiger partial charge >= 0.3 is 0 Å². The quantitative estimate of drug-likeness (QED) is 0.852. The van der Waals surface area contributed by atoms with Gasteiger partial charge in [0, 0.05) is 12.6 Å². The summed E-state index contributed by atoms with van der Waals surface area (Å²) < 4.78 is 5.33. The molecule has 17 heavy (non-hydrogen) atoms. The van der Waals surface area contributed by atoms with E-state index in [0.717, 1.165) is 12.2 Å². The Balaban J connectivity index is 2.14. The van der Waals surface area contributed by atoms with Crippen LogP contribution in [0.1, 0.15) is 23.2 Å². The number of rotatable bonds is 3. The van der Waals surface area contributed by atoms with Crippen LogP contribution in [0.25, 0.3) is 0 Å². The second-order valence-electron chi connectivity index (χ2n) is 3.42. The number of furan rings is 1. The van der Waals surface area contributed by atoms with Crippen molar-refractivity contribution in [1.82, 2.24) is 4.98 Å². The predicted octanol–water partition coefficient (Wildman–Crippen LogP) is 3.14. The summed E-state index contributed by atoms with van der Waals surface area (Å²) in [7, 11) is 0. The molecular formula is C12H11ClN2O2. The molecule has 0 aromatic carbocycles. The lowest BCUT2D eigenvalue weighted by Crippen LogP contribution is -2.11. The van der Waals surface area contributed by atoms with E-state index in [1.54, 1.807) is 30.5 Å². The lowest BCUT2D eigenvalue weighted by molar-refractivity contribution is 0.0995. The minimum Gasteiger partial charge on any atom is -0.456 e. The van der Waals surface area contributed by atoms with Crippen LogP contribution in [-0.2, 0) is 6.42 Å². The fourth-order valence-electron chi connectivity index (χ4n) is 1.35. The minimum absolute atomic E-state index is 0.253. The normalized spacial score (nSPS) is 10.2. The van der Waals surface area contributed by atoms with Crippen molar-refractivity contribution in [1.29, 1.82) is 0 Å². The van der Waals surface area contributed by atoms with E-state index in [2.05, 4.69) is 10.3 Å². The van der Waals surface area contributed by atoms with Gasteiger partial charge in [0.25, 0.3) is 5.91 Å². The van der Waals surface area contributed by atoms with Crippen molar-refractivity contribution in [2.75, 3.05) is 5.32 Å². The van der Waals surface area contributed by atoms with Gasteiger partial charge in [-0.3, -0.25) is 4.79 Å². The Morgan fingerprint density at radius 2 is 2.29 bits per heavy atom. The van der Waals surface area contributed by atoms with Gasteiger partial charge in [-0.2, -0.15) is 0 Å². The zero-order valence-corrected chi connectivity index (χ0v) is 9.99. The maximum atomic E-state index is 11.8. The molecule has 2 aromatic heterocycles. The molecular weight excluding hydrogens is 240 g/mol. The van der Waals surface area contributed by atoms with Gasteiger partial charge in [0.05, 0.1) is 5.69 Å². The van der Waals surface area contributed by atoms with Gasteiger partial charge in [-0.25, -0.2) is 4.98 Å². The molecule has 2 aromatic rings. The van der Waals surface area contributed by atoms with Crippen LogP contribution in [0, 0.1) is 0 Å². The highest BCUT2D eigenvalue weighted by molar-refractivity contribution is 6.32. The lowest BCUT2D eigenvalue weighted by atomic mass is 10.3. The Kier molecular flexibility index (Phi) is 3.44. The van der Waals surface area contributed by atoms with Gasteiger partial charge in [0.2, 0.25) is 0 Å². The van der Waals surface area contributed by atoms with Crippen LogP contribution in [0.2, 0.25) is 5.15 Å². The van der Waals surface area contributed by atoms with Crippen LogP contribution in [0.3, 0.4) is 0 Å². The average molecular weight is 251 g/mol. The van der Waals surface area contributed by atoms with Crippen molar-refractivity contribution in [3.05, 3.63) is 47.1 Å². The number of halogens is 1. The van der Waals surface area contributed by atoms with E-state index in [4.69, 9.17) is 16.0 Å². The largest absolute Gasteiger partial charge is 0.456 e. The van der Waals surface area contributed by atoms with Gasteiger partial charge in [-0.1, -0.05) is 18.5 Å². The molecule has 5 heteroatoms. The Bertz CT molecular complexity index is 537. The average Bonchev–Trinajstić information content (AvgIpc) is 2.81. The van der Waals surface area contributed by atoms with E-state index in [0.29, 0.717) is 5.69 Å². The Morgan fingerprint density at radius 3 is 2.94 bits per heavy atom. The smallest absolute Gasteiger partial charge is 0.291 e. The second kappa shape index (κ2) is 5.01. The highest BCUT2D eigenvalue weighted by Crippen LogP contribution is 2.19. The highest BCUT2D eigenvalue weighted by Gasteiger charge is 2.12. The van der Waals surface area contributed by atoms with Gasteiger partial charge in [-0.05, 0) is 24.3 Å². The molecule has 2 rings (SSSR count). The molecule has 1 amide bonds. The molecule has 0 atom stereocenters. The number of pyridine rings is 1. The number of anilines is 1. The van der Waals surface area contributed by atoms with E-state index in [9.17, 15) is 4.79 Å². The standard InChI is InChI=1S/C12H11ClN2O2/c1-2-8-5-6-10(17-8)12(16)15-9-4-3-7-14-11(9)13/h3-7H,2H2,1H3,(H,15,16). The van der Waals surface area contributed by atoms with Gasteiger partial charge in [0.1, 0.15) is 5.76 Å². The first kappa shape index (κ1) is 11.7.